The fourth-order valence-electron chi connectivity index (χ4n) is 4.86. The zero-order valence-corrected chi connectivity index (χ0v) is 22.4. The molecule has 3 rings (SSSR count). The van der Waals surface area contributed by atoms with Gasteiger partial charge in [-0.3, -0.25) is 9.69 Å². The Balaban J connectivity index is 1.79. The van der Waals surface area contributed by atoms with Gasteiger partial charge in [-0.15, -0.1) is 0 Å². The average molecular weight is 521 g/mol. The molecule has 2 unspecified atom stereocenters. The highest BCUT2D eigenvalue weighted by molar-refractivity contribution is 6.36. The minimum Gasteiger partial charge on any atom is -0.478 e. The molecule has 2 atom stereocenters. The van der Waals surface area contributed by atoms with E-state index in [0.717, 1.165) is 24.0 Å². The SMILES string of the molecule is Cc1cc(CN(CC(=O)Nc2ccc(Cl)cc2Cl)C2C(C)CCC2C)ccc1OC(C)(C)C(=O)O. The highest BCUT2D eigenvalue weighted by Gasteiger charge is 2.36. The first-order valence-electron chi connectivity index (χ1n) is 11.9. The van der Waals surface area contributed by atoms with Crippen molar-refractivity contribution in [3.05, 3.63) is 57.6 Å². The number of carboxylic acids is 1. The maximum absolute atomic E-state index is 13.0. The van der Waals surface area contributed by atoms with Gasteiger partial charge in [0.05, 0.1) is 17.3 Å². The lowest BCUT2D eigenvalue weighted by molar-refractivity contribution is -0.152. The molecule has 1 fully saturated rings. The zero-order valence-electron chi connectivity index (χ0n) is 20.9. The van der Waals surface area contributed by atoms with Crippen LogP contribution < -0.4 is 10.1 Å². The lowest BCUT2D eigenvalue weighted by atomic mass is 9.97. The molecule has 1 saturated carbocycles. The van der Waals surface area contributed by atoms with Gasteiger partial charge < -0.3 is 15.2 Å². The van der Waals surface area contributed by atoms with Crippen molar-refractivity contribution in [3.63, 3.8) is 0 Å². The minimum atomic E-state index is -1.33. The molecular weight excluding hydrogens is 487 g/mol. The number of nitrogens with zero attached hydrogens (tertiary/aromatic N) is 1. The lowest BCUT2D eigenvalue weighted by Crippen LogP contribution is -2.44. The smallest absolute Gasteiger partial charge is 0.347 e. The predicted molar refractivity (Wildman–Crippen MR) is 140 cm³/mol. The van der Waals surface area contributed by atoms with Gasteiger partial charge in [0.1, 0.15) is 5.75 Å². The van der Waals surface area contributed by atoms with E-state index in [2.05, 4.69) is 24.1 Å². The number of aryl methyl sites for hydroxylation is 1. The van der Waals surface area contributed by atoms with Crippen molar-refractivity contribution in [2.75, 3.05) is 11.9 Å². The molecule has 2 aromatic rings. The summed E-state index contributed by atoms with van der Waals surface area (Å²) in [6, 6.07) is 11.0. The Morgan fingerprint density at radius 2 is 1.77 bits per heavy atom. The van der Waals surface area contributed by atoms with Crippen LogP contribution in [0.5, 0.6) is 5.75 Å². The third-order valence-corrected chi connectivity index (χ3v) is 7.27. The van der Waals surface area contributed by atoms with E-state index in [0.29, 0.717) is 39.9 Å². The summed E-state index contributed by atoms with van der Waals surface area (Å²) in [6.45, 7) is 10.2. The fraction of sp³-hybridized carbons (Fsp3) is 0.481. The Bertz CT molecular complexity index is 1080. The first kappa shape index (κ1) is 27.3. The normalized spacial score (nSPS) is 20.2. The van der Waals surface area contributed by atoms with Gasteiger partial charge in [0, 0.05) is 17.6 Å². The second-order valence-corrected chi connectivity index (χ2v) is 11.0. The summed E-state index contributed by atoms with van der Waals surface area (Å²) in [6.07, 6.45) is 2.26. The van der Waals surface area contributed by atoms with Crippen molar-refractivity contribution in [2.24, 2.45) is 11.8 Å². The van der Waals surface area contributed by atoms with Gasteiger partial charge in [-0.05, 0) is 80.8 Å². The Morgan fingerprint density at radius 3 is 2.34 bits per heavy atom. The molecule has 1 aliphatic carbocycles. The van der Waals surface area contributed by atoms with Gasteiger partial charge in [-0.1, -0.05) is 49.2 Å². The zero-order chi connectivity index (χ0) is 25.9. The van der Waals surface area contributed by atoms with Crippen LogP contribution in [-0.4, -0.2) is 40.1 Å². The maximum atomic E-state index is 13.0. The summed E-state index contributed by atoms with van der Waals surface area (Å²) >= 11 is 12.2. The molecule has 0 saturated heterocycles. The number of carbonyl (C=O) groups excluding carboxylic acids is 1. The molecule has 0 bridgehead atoms. The van der Waals surface area contributed by atoms with Crippen molar-refractivity contribution < 1.29 is 19.4 Å². The van der Waals surface area contributed by atoms with E-state index in [-0.39, 0.29) is 18.5 Å². The van der Waals surface area contributed by atoms with E-state index < -0.39 is 11.6 Å². The van der Waals surface area contributed by atoms with Crippen molar-refractivity contribution >= 4 is 40.8 Å². The number of halogens is 2. The molecule has 2 aromatic carbocycles. The number of hydrogen-bond acceptors (Lipinski definition) is 4. The number of aliphatic carboxylic acids is 1. The molecule has 1 aliphatic rings. The molecule has 0 aromatic heterocycles. The summed E-state index contributed by atoms with van der Waals surface area (Å²) < 4.78 is 5.74. The Hall–Kier alpha value is -2.28. The largest absolute Gasteiger partial charge is 0.478 e. The number of amides is 1. The number of benzene rings is 2. The number of carboxylic acid groups (broad SMARTS) is 1. The van der Waals surface area contributed by atoms with Gasteiger partial charge in [-0.25, -0.2) is 4.79 Å². The first-order chi connectivity index (χ1) is 16.4. The van der Waals surface area contributed by atoms with Gasteiger partial charge in [0.25, 0.3) is 0 Å². The summed E-state index contributed by atoms with van der Waals surface area (Å²) in [5, 5.41) is 13.2. The Labute approximate surface area is 217 Å². The molecule has 35 heavy (non-hydrogen) atoms. The minimum absolute atomic E-state index is 0.139. The second kappa shape index (κ2) is 11.2. The molecule has 1 amide bonds. The van der Waals surface area contributed by atoms with E-state index >= 15 is 0 Å². The van der Waals surface area contributed by atoms with E-state index in [4.69, 9.17) is 27.9 Å². The van der Waals surface area contributed by atoms with E-state index in [1.807, 2.05) is 25.1 Å². The molecule has 0 spiro atoms. The average Bonchev–Trinajstić information content (AvgIpc) is 3.09. The van der Waals surface area contributed by atoms with Crippen molar-refractivity contribution in [3.8, 4) is 5.75 Å². The summed E-state index contributed by atoms with van der Waals surface area (Å²) in [4.78, 5) is 26.7. The molecule has 190 valence electrons. The van der Waals surface area contributed by atoms with Crippen LogP contribution in [0.1, 0.15) is 51.7 Å². The first-order valence-corrected chi connectivity index (χ1v) is 12.6. The molecule has 0 heterocycles. The third kappa shape index (κ3) is 6.90. The summed E-state index contributed by atoms with van der Waals surface area (Å²) in [5.41, 5.74) is 1.09. The molecular formula is C27H34Cl2N2O4. The van der Waals surface area contributed by atoms with Crippen LogP contribution in [0.3, 0.4) is 0 Å². The number of rotatable bonds is 9. The van der Waals surface area contributed by atoms with Gasteiger partial charge in [-0.2, -0.15) is 0 Å². The Morgan fingerprint density at radius 1 is 1.11 bits per heavy atom. The summed E-state index contributed by atoms with van der Waals surface area (Å²) in [7, 11) is 0. The number of carbonyl (C=O) groups is 2. The highest BCUT2D eigenvalue weighted by atomic mass is 35.5. The van der Waals surface area contributed by atoms with E-state index in [9.17, 15) is 14.7 Å². The standard InChI is InChI=1S/C27H34Cl2N2O4/c1-16-6-7-17(2)25(16)31(15-24(32)30-22-10-9-20(28)13-21(22)29)14-19-8-11-23(18(3)12-19)35-27(4,5)26(33)34/h8-13,16-17,25H,6-7,14-15H2,1-5H3,(H,30,32)(H,33,34). The van der Waals surface area contributed by atoms with Crippen LogP contribution in [0.2, 0.25) is 10.0 Å². The Kier molecular flexibility index (Phi) is 8.73. The molecule has 8 heteroatoms. The molecule has 0 aliphatic heterocycles. The van der Waals surface area contributed by atoms with E-state index in [1.54, 1.807) is 18.2 Å². The van der Waals surface area contributed by atoms with Crippen LogP contribution in [0.15, 0.2) is 36.4 Å². The fourth-order valence-corrected chi connectivity index (χ4v) is 5.31. The highest BCUT2D eigenvalue weighted by Crippen LogP contribution is 2.36. The van der Waals surface area contributed by atoms with Gasteiger partial charge in [0.15, 0.2) is 5.60 Å². The van der Waals surface area contributed by atoms with Gasteiger partial charge >= 0.3 is 5.97 Å². The number of hydrogen-bond donors (Lipinski definition) is 2. The van der Waals surface area contributed by atoms with Crippen LogP contribution in [0.25, 0.3) is 0 Å². The van der Waals surface area contributed by atoms with Crippen LogP contribution >= 0.6 is 23.2 Å². The molecule has 2 N–H and O–H groups in total. The molecule has 0 radical (unpaired) electrons. The van der Waals surface area contributed by atoms with Crippen molar-refractivity contribution in [1.82, 2.24) is 4.90 Å². The summed E-state index contributed by atoms with van der Waals surface area (Å²) in [5.74, 6) is 0.308. The number of ether oxygens (including phenoxy) is 1. The maximum Gasteiger partial charge on any atom is 0.347 e. The third-order valence-electron chi connectivity index (χ3n) is 6.72. The second-order valence-electron chi connectivity index (χ2n) is 10.1. The monoisotopic (exact) mass is 520 g/mol. The molecule has 6 nitrogen and oxygen atoms in total. The lowest BCUT2D eigenvalue weighted by Gasteiger charge is -2.34. The quantitative estimate of drug-likeness (QED) is 0.398. The van der Waals surface area contributed by atoms with Gasteiger partial charge in [0.2, 0.25) is 5.91 Å². The van der Waals surface area contributed by atoms with Crippen LogP contribution in [0.4, 0.5) is 5.69 Å². The number of nitrogens with one attached hydrogen (secondary N) is 1. The van der Waals surface area contributed by atoms with Crippen LogP contribution in [-0.2, 0) is 16.1 Å². The van der Waals surface area contributed by atoms with E-state index in [1.165, 1.54) is 13.8 Å². The number of anilines is 1. The topological polar surface area (TPSA) is 78.9 Å². The van der Waals surface area contributed by atoms with Crippen molar-refractivity contribution in [1.29, 1.82) is 0 Å². The van der Waals surface area contributed by atoms with Crippen LogP contribution in [0, 0.1) is 18.8 Å². The predicted octanol–water partition coefficient (Wildman–Crippen LogP) is 6.42. The van der Waals surface area contributed by atoms with Crippen molar-refractivity contribution in [2.45, 2.75) is 65.6 Å².